The molecule has 0 saturated heterocycles. The van der Waals surface area contributed by atoms with Gasteiger partial charge in [-0.3, -0.25) is 9.78 Å². The van der Waals surface area contributed by atoms with Crippen molar-refractivity contribution < 1.29 is 9.53 Å². The molecular weight excluding hydrogens is 286 g/mol. The molecule has 3 nitrogen and oxygen atoms in total. The van der Waals surface area contributed by atoms with Gasteiger partial charge in [-0.15, -0.1) is 0 Å². The molecule has 0 amide bonds. The summed E-state index contributed by atoms with van der Waals surface area (Å²) in [6, 6.07) is 11.4. The lowest BCUT2D eigenvalue weighted by molar-refractivity contribution is -0.145. The van der Waals surface area contributed by atoms with E-state index in [1.165, 1.54) is 0 Å². The van der Waals surface area contributed by atoms with E-state index >= 15 is 0 Å². The summed E-state index contributed by atoms with van der Waals surface area (Å²) < 4.78 is 5.19. The van der Waals surface area contributed by atoms with Crippen LogP contribution < -0.4 is 0 Å². The molecule has 4 heteroatoms. The van der Waals surface area contributed by atoms with Crippen molar-refractivity contribution >= 4 is 17.6 Å². The Balaban J connectivity index is 2.11. The SMILES string of the molecule is CCOC(=O)C(CCc1cccc(Cl)c1)c1ccncc1. The van der Waals surface area contributed by atoms with Crippen molar-refractivity contribution in [3.05, 3.63) is 64.9 Å². The minimum atomic E-state index is -0.271. The predicted molar refractivity (Wildman–Crippen MR) is 83.4 cm³/mol. The van der Waals surface area contributed by atoms with Crippen LogP contribution in [0.1, 0.15) is 30.4 Å². The van der Waals surface area contributed by atoms with Crippen molar-refractivity contribution in [3.8, 4) is 0 Å². The summed E-state index contributed by atoms with van der Waals surface area (Å²) in [6.45, 7) is 2.20. The summed E-state index contributed by atoms with van der Waals surface area (Å²) >= 11 is 5.99. The number of ether oxygens (including phenoxy) is 1. The fraction of sp³-hybridized carbons (Fsp3) is 0.294. The highest BCUT2D eigenvalue weighted by Crippen LogP contribution is 2.24. The molecule has 0 radical (unpaired) electrons. The van der Waals surface area contributed by atoms with E-state index in [0.29, 0.717) is 18.1 Å². The van der Waals surface area contributed by atoms with E-state index in [0.717, 1.165) is 17.5 Å². The number of aryl methyl sites for hydroxylation is 1. The molecule has 0 spiro atoms. The van der Waals surface area contributed by atoms with E-state index in [1.807, 2.05) is 43.3 Å². The highest BCUT2D eigenvalue weighted by Gasteiger charge is 2.21. The average molecular weight is 304 g/mol. The number of pyridine rings is 1. The number of aromatic nitrogens is 1. The number of benzene rings is 1. The van der Waals surface area contributed by atoms with Crippen LogP contribution in [0.5, 0.6) is 0 Å². The van der Waals surface area contributed by atoms with Gasteiger partial charge in [0.15, 0.2) is 0 Å². The Kier molecular flexibility index (Phi) is 5.76. The zero-order chi connectivity index (χ0) is 15.1. The highest BCUT2D eigenvalue weighted by molar-refractivity contribution is 6.30. The quantitative estimate of drug-likeness (QED) is 0.757. The second kappa shape index (κ2) is 7.79. The summed E-state index contributed by atoms with van der Waals surface area (Å²) in [6.07, 6.45) is 4.84. The standard InChI is InChI=1S/C17H18ClNO2/c1-2-21-17(20)16(14-8-10-19-11-9-14)7-6-13-4-3-5-15(18)12-13/h3-5,8-12,16H,2,6-7H2,1H3. The van der Waals surface area contributed by atoms with Crippen LogP contribution >= 0.6 is 11.6 Å². The van der Waals surface area contributed by atoms with Crippen LogP contribution in [0.15, 0.2) is 48.8 Å². The molecule has 21 heavy (non-hydrogen) atoms. The summed E-state index contributed by atoms with van der Waals surface area (Å²) in [5.41, 5.74) is 2.05. The van der Waals surface area contributed by atoms with Crippen molar-refractivity contribution in [2.75, 3.05) is 6.61 Å². The highest BCUT2D eigenvalue weighted by atomic mass is 35.5. The molecule has 1 aromatic carbocycles. The van der Waals surface area contributed by atoms with Crippen LogP contribution in [-0.4, -0.2) is 17.6 Å². The van der Waals surface area contributed by atoms with Crippen molar-refractivity contribution in [1.29, 1.82) is 0 Å². The molecule has 2 rings (SSSR count). The van der Waals surface area contributed by atoms with Crippen LogP contribution in [0.4, 0.5) is 0 Å². The lowest BCUT2D eigenvalue weighted by Gasteiger charge is -2.16. The van der Waals surface area contributed by atoms with E-state index in [4.69, 9.17) is 16.3 Å². The zero-order valence-electron chi connectivity index (χ0n) is 12.0. The predicted octanol–water partition coefficient (Wildman–Crippen LogP) is 4.01. The molecule has 0 saturated carbocycles. The Hall–Kier alpha value is -1.87. The van der Waals surface area contributed by atoms with E-state index in [9.17, 15) is 4.79 Å². The van der Waals surface area contributed by atoms with E-state index in [-0.39, 0.29) is 11.9 Å². The van der Waals surface area contributed by atoms with Crippen LogP contribution in [0.2, 0.25) is 5.02 Å². The van der Waals surface area contributed by atoms with Crippen molar-refractivity contribution in [2.24, 2.45) is 0 Å². The molecule has 1 heterocycles. The van der Waals surface area contributed by atoms with E-state index < -0.39 is 0 Å². The third-order valence-electron chi connectivity index (χ3n) is 3.29. The normalized spacial score (nSPS) is 11.9. The minimum Gasteiger partial charge on any atom is -0.466 e. The van der Waals surface area contributed by atoms with Gasteiger partial charge in [-0.25, -0.2) is 0 Å². The topological polar surface area (TPSA) is 39.2 Å². The Labute approximate surface area is 129 Å². The first-order valence-electron chi connectivity index (χ1n) is 7.01. The van der Waals surface area contributed by atoms with Crippen molar-refractivity contribution in [2.45, 2.75) is 25.7 Å². The zero-order valence-corrected chi connectivity index (χ0v) is 12.7. The first kappa shape index (κ1) is 15.5. The van der Waals surface area contributed by atoms with Gasteiger partial charge in [0.25, 0.3) is 0 Å². The second-order valence-electron chi connectivity index (χ2n) is 4.75. The Bertz CT molecular complexity index is 586. The minimum absolute atomic E-state index is 0.189. The molecule has 0 aliphatic carbocycles. The Morgan fingerprint density at radius 2 is 2.05 bits per heavy atom. The third-order valence-corrected chi connectivity index (χ3v) is 3.53. The number of hydrogen-bond acceptors (Lipinski definition) is 3. The monoisotopic (exact) mass is 303 g/mol. The first-order valence-corrected chi connectivity index (χ1v) is 7.39. The number of carbonyl (C=O) groups is 1. The van der Waals surface area contributed by atoms with Gasteiger partial charge in [-0.2, -0.15) is 0 Å². The molecule has 1 aromatic heterocycles. The molecular formula is C17H18ClNO2. The largest absolute Gasteiger partial charge is 0.466 e. The molecule has 0 N–H and O–H groups in total. The number of hydrogen-bond donors (Lipinski definition) is 0. The van der Waals surface area contributed by atoms with Gasteiger partial charge in [0.05, 0.1) is 12.5 Å². The summed E-state index contributed by atoms with van der Waals surface area (Å²) in [5.74, 6) is -0.461. The molecule has 1 atom stereocenters. The molecule has 1 unspecified atom stereocenters. The van der Waals surface area contributed by atoms with Crippen molar-refractivity contribution in [1.82, 2.24) is 4.98 Å². The number of carbonyl (C=O) groups excluding carboxylic acids is 1. The molecule has 2 aromatic rings. The summed E-state index contributed by atoms with van der Waals surface area (Å²) in [4.78, 5) is 16.2. The third kappa shape index (κ3) is 4.57. The lowest BCUT2D eigenvalue weighted by atomic mass is 9.93. The van der Waals surface area contributed by atoms with E-state index in [1.54, 1.807) is 12.4 Å². The number of nitrogens with zero attached hydrogens (tertiary/aromatic N) is 1. The van der Waals surface area contributed by atoms with Gasteiger partial charge in [-0.05, 0) is 55.2 Å². The van der Waals surface area contributed by atoms with Crippen LogP contribution in [0, 0.1) is 0 Å². The van der Waals surface area contributed by atoms with Gasteiger partial charge in [0, 0.05) is 17.4 Å². The molecule has 0 aliphatic heterocycles. The van der Waals surface area contributed by atoms with Crippen LogP contribution in [-0.2, 0) is 16.0 Å². The van der Waals surface area contributed by atoms with Crippen LogP contribution in [0.3, 0.4) is 0 Å². The number of esters is 1. The molecule has 0 aliphatic rings. The number of halogens is 1. The fourth-order valence-corrected chi connectivity index (χ4v) is 2.48. The van der Waals surface area contributed by atoms with Crippen molar-refractivity contribution in [3.63, 3.8) is 0 Å². The average Bonchev–Trinajstić information content (AvgIpc) is 2.49. The van der Waals surface area contributed by atoms with E-state index in [2.05, 4.69) is 4.98 Å². The summed E-state index contributed by atoms with van der Waals surface area (Å²) in [5, 5.41) is 0.712. The van der Waals surface area contributed by atoms with Crippen LogP contribution in [0.25, 0.3) is 0 Å². The van der Waals surface area contributed by atoms with Gasteiger partial charge in [0.1, 0.15) is 0 Å². The van der Waals surface area contributed by atoms with Gasteiger partial charge >= 0.3 is 5.97 Å². The maximum Gasteiger partial charge on any atom is 0.313 e. The second-order valence-corrected chi connectivity index (χ2v) is 5.19. The lowest BCUT2D eigenvalue weighted by Crippen LogP contribution is -2.17. The Morgan fingerprint density at radius 3 is 2.71 bits per heavy atom. The molecule has 110 valence electrons. The van der Waals surface area contributed by atoms with Gasteiger partial charge in [0.2, 0.25) is 0 Å². The van der Waals surface area contributed by atoms with Gasteiger partial charge in [-0.1, -0.05) is 23.7 Å². The van der Waals surface area contributed by atoms with Gasteiger partial charge < -0.3 is 4.74 Å². The Morgan fingerprint density at radius 1 is 1.29 bits per heavy atom. The molecule has 0 fully saturated rings. The number of rotatable bonds is 6. The smallest absolute Gasteiger partial charge is 0.313 e. The fourth-order valence-electron chi connectivity index (χ4n) is 2.26. The maximum atomic E-state index is 12.2. The molecule has 0 bridgehead atoms. The first-order chi connectivity index (χ1) is 10.2. The maximum absolute atomic E-state index is 12.2. The summed E-state index contributed by atoms with van der Waals surface area (Å²) in [7, 11) is 0.